The second-order valence-electron chi connectivity index (χ2n) is 4.73. The maximum absolute atomic E-state index is 11.6. The highest BCUT2D eigenvalue weighted by Gasteiger charge is 2.49. The Bertz CT molecular complexity index is 682. The van der Waals surface area contributed by atoms with Crippen molar-refractivity contribution in [3.63, 3.8) is 0 Å². The number of benzene rings is 1. The van der Waals surface area contributed by atoms with Crippen LogP contribution in [0.5, 0.6) is 0 Å². The highest BCUT2D eigenvalue weighted by Crippen LogP contribution is 2.42. The van der Waals surface area contributed by atoms with Gasteiger partial charge in [-0.05, 0) is 47.9 Å². The standard InChI is InChI=1S/C12H10Br2N4O2/c13-7-2-3-9(14)8(6-7)10-15-16-17-18(10)12(11(19)20)4-1-5-12/h2-3,6H,1,4-5H2,(H,19,20). The van der Waals surface area contributed by atoms with Crippen molar-refractivity contribution in [1.29, 1.82) is 0 Å². The van der Waals surface area contributed by atoms with Gasteiger partial charge in [-0.3, -0.25) is 0 Å². The number of carbonyl (C=O) groups is 1. The van der Waals surface area contributed by atoms with E-state index in [4.69, 9.17) is 0 Å². The topological polar surface area (TPSA) is 80.9 Å². The fraction of sp³-hybridized carbons (Fsp3) is 0.333. The molecule has 1 aliphatic carbocycles. The number of hydrogen-bond donors (Lipinski definition) is 1. The van der Waals surface area contributed by atoms with Gasteiger partial charge in [-0.2, -0.15) is 0 Å². The lowest BCUT2D eigenvalue weighted by Crippen LogP contribution is -2.48. The van der Waals surface area contributed by atoms with E-state index < -0.39 is 11.5 Å². The molecule has 0 saturated heterocycles. The molecule has 0 radical (unpaired) electrons. The highest BCUT2D eigenvalue weighted by atomic mass is 79.9. The summed E-state index contributed by atoms with van der Waals surface area (Å²) in [5.74, 6) is -0.427. The molecule has 1 aromatic carbocycles. The third kappa shape index (κ3) is 1.98. The van der Waals surface area contributed by atoms with Crippen molar-refractivity contribution in [2.24, 2.45) is 0 Å². The van der Waals surface area contributed by atoms with Crippen LogP contribution in [-0.4, -0.2) is 31.3 Å². The Morgan fingerprint density at radius 2 is 2.10 bits per heavy atom. The van der Waals surface area contributed by atoms with Gasteiger partial charge in [0.05, 0.1) is 0 Å². The zero-order valence-electron chi connectivity index (χ0n) is 10.3. The molecule has 20 heavy (non-hydrogen) atoms. The predicted octanol–water partition coefficient (Wildman–Crippen LogP) is 2.83. The van der Waals surface area contributed by atoms with Crippen molar-refractivity contribution >= 4 is 37.8 Å². The molecule has 104 valence electrons. The van der Waals surface area contributed by atoms with E-state index in [1.807, 2.05) is 18.2 Å². The number of carboxylic acid groups (broad SMARTS) is 1. The van der Waals surface area contributed by atoms with Gasteiger partial charge in [0.2, 0.25) is 0 Å². The molecule has 2 aromatic rings. The largest absolute Gasteiger partial charge is 0.479 e. The zero-order valence-corrected chi connectivity index (χ0v) is 13.4. The van der Waals surface area contributed by atoms with Crippen LogP contribution in [0, 0.1) is 0 Å². The monoisotopic (exact) mass is 400 g/mol. The van der Waals surface area contributed by atoms with Gasteiger partial charge in [-0.1, -0.05) is 31.9 Å². The lowest BCUT2D eigenvalue weighted by atomic mass is 9.76. The smallest absolute Gasteiger partial charge is 0.331 e. The van der Waals surface area contributed by atoms with E-state index in [1.54, 1.807) is 0 Å². The normalized spacial score (nSPS) is 16.7. The first-order valence-corrected chi connectivity index (χ1v) is 7.61. The summed E-state index contributed by atoms with van der Waals surface area (Å²) < 4.78 is 3.13. The number of rotatable bonds is 3. The Balaban J connectivity index is 2.16. The van der Waals surface area contributed by atoms with Crippen molar-refractivity contribution in [1.82, 2.24) is 20.2 Å². The van der Waals surface area contributed by atoms with Crippen LogP contribution in [0.2, 0.25) is 0 Å². The second-order valence-corrected chi connectivity index (χ2v) is 6.50. The van der Waals surface area contributed by atoms with Gasteiger partial charge in [0, 0.05) is 14.5 Å². The predicted molar refractivity (Wildman–Crippen MR) is 78.1 cm³/mol. The van der Waals surface area contributed by atoms with E-state index in [2.05, 4.69) is 47.4 Å². The van der Waals surface area contributed by atoms with Crippen molar-refractivity contribution < 1.29 is 9.90 Å². The minimum Gasteiger partial charge on any atom is -0.479 e. The van der Waals surface area contributed by atoms with Crippen LogP contribution in [0.25, 0.3) is 11.4 Å². The fourth-order valence-electron chi connectivity index (χ4n) is 2.34. The molecule has 0 bridgehead atoms. The molecule has 0 amide bonds. The molecule has 1 heterocycles. The first-order valence-electron chi connectivity index (χ1n) is 6.02. The summed E-state index contributed by atoms with van der Waals surface area (Å²) in [6.45, 7) is 0. The van der Waals surface area contributed by atoms with Crippen LogP contribution in [0.15, 0.2) is 27.1 Å². The summed E-state index contributed by atoms with van der Waals surface area (Å²) in [7, 11) is 0. The second kappa shape index (κ2) is 4.92. The fourth-order valence-corrected chi connectivity index (χ4v) is 3.13. The van der Waals surface area contributed by atoms with Crippen LogP contribution < -0.4 is 0 Å². The SMILES string of the molecule is O=C(O)C1(n2nnnc2-c2cc(Br)ccc2Br)CCC1. The molecule has 1 fully saturated rings. The number of aromatic nitrogens is 4. The van der Waals surface area contributed by atoms with Gasteiger partial charge >= 0.3 is 5.97 Å². The average molecular weight is 402 g/mol. The number of tetrazole rings is 1. The molecule has 0 unspecified atom stereocenters. The molecule has 0 spiro atoms. The summed E-state index contributed by atoms with van der Waals surface area (Å²) >= 11 is 6.85. The highest BCUT2D eigenvalue weighted by molar-refractivity contribution is 9.11. The lowest BCUT2D eigenvalue weighted by Gasteiger charge is -2.37. The van der Waals surface area contributed by atoms with Gasteiger partial charge < -0.3 is 5.11 Å². The molecule has 6 nitrogen and oxygen atoms in total. The molecule has 8 heteroatoms. The van der Waals surface area contributed by atoms with Crippen molar-refractivity contribution in [3.8, 4) is 11.4 Å². The molecule has 1 aliphatic rings. The van der Waals surface area contributed by atoms with Crippen LogP contribution in [0.3, 0.4) is 0 Å². The minimum atomic E-state index is -1.01. The molecule has 0 atom stereocenters. The number of nitrogens with zero attached hydrogens (tertiary/aromatic N) is 4. The van der Waals surface area contributed by atoms with Crippen molar-refractivity contribution in [3.05, 3.63) is 27.1 Å². The van der Waals surface area contributed by atoms with Crippen LogP contribution in [0.1, 0.15) is 19.3 Å². The van der Waals surface area contributed by atoms with E-state index >= 15 is 0 Å². The first-order chi connectivity index (χ1) is 9.54. The van der Waals surface area contributed by atoms with Crippen LogP contribution in [0.4, 0.5) is 0 Å². The Morgan fingerprint density at radius 1 is 1.35 bits per heavy atom. The van der Waals surface area contributed by atoms with Gasteiger partial charge in [-0.15, -0.1) is 5.10 Å². The summed E-state index contributed by atoms with van der Waals surface area (Å²) in [5, 5.41) is 21.1. The van der Waals surface area contributed by atoms with Gasteiger partial charge in [0.1, 0.15) is 0 Å². The Morgan fingerprint density at radius 3 is 2.70 bits per heavy atom. The number of aliphatic carboxylic acids is 1. The molecule has 1 N–H and O–H groups in total. The third-order valence-electron chi connectivity index (χ3n) is 3.62. The molecule has 3 rings (SSSR count). The van der Waals surface area contributed by atoms with Gasteiger partial charge in [0.15, 0.2) is 11.4 Å². The minimum absolute atomic E-state index is 0.459. The summed E-state index contributed by atoms with van der Waals surface area (Å²) in [4.78, 5) is 11.6. The summed E-state index contributed by atoms with van der Waals surface area (Å²) in [5.41, 5.74) is -0.252. The van der Waals surface area contributed by atoms with Crippen molar-refractivity contribution in [2.45, 2.75) is 24.8 Å². The van der Waals surface area contributed by atoms with E-state index in [-0.39, 0.29) is 0 Å². The van der Waals surface area contributed by atoms with Crippen LogP contribution in [-0.2, 0) is 10.3 Å². The molecular formula is C12H10Br2N4O2. The third-order valence-corrected chi connectivity index (χ3v) is 4.81. The van der Waals surface area contributed by atoms with E-state index in [0.717, 1.165) is 20.9 Å². The quantitative estimate of drug-likeness (QED) is 0.855. The summed E-state index contributed by atoms with van der Waals surface area (Å²) in [6.07, 6.45) is 1.96. The van der Waals surface area contributed by atoms with Crippen LogP contribution >= 0.6 is 31.9 Å². The maximum Gasteiger partial charge on any atom is 0.331 e. The summed E-state index contributed by atoms with van der Waals surface area (Å²) in [6, 6.07) is 5.62. The first kappa shape index (κ1) is 13.7. The molecule has 1 aromatic heterocycles. The number of hydrogen-bond acceptors (Lipinski definition) is 4. The molecule has 0 aliphatic heterocycles. The van der Waals surface area contributed by atoms with Gasteiger partial charge in [-0.25, -0.2) is 9.48 Å². The molecular weight excluding hydrogens is 392 g/mol. The Labute approximate surface area is 131 Å². The number of carboxylic acids is 1. The lowest BCUT2D eigenvalue weighted by molar-refractivity contribution is -0.153. The number of halogens is 2. The maximum atomic E-state index is 11.6. The average Bonchev–Trinajstić information content (AvgIpc) is 2.80. The molecule has 1 saturated carbocycles. The van der Waals surface area contributed by atoms with Gasteiger partial charge in [0.25, 0.3) is 0 Å². The Kier molecular flexibility index (Phi) is 3.37. The van der Waals surface area contributed by atoms with Crippen molar-refractivity contribution in [2.75, 3.05) is 0 Å². The zero-order chi connectivity index (χ0) is 14.3. The van der Waals surface area contributed by atoms with E-state index in [1.165, 1.54) is 4.68 Å². The van der Waals surface area contributed by atoms with E-state index in [0.29, 0.717) is 18.7 Å². The van der Waals surface area contributed by atoms with E-state index in [9.17, 15) is 9.90 Å². The Hall–Kier alpha value is -1.28.